The Morgan fingerprint density at radius 1 is 1.07 bits per heavy atom. The first-order valence-electron chi connectivity index (χ1n) is 8.66. The number of hydrogen-bond donors (Lipinski definition) is 0. The summed E-state index contributed by atoms with van der Waals surface area (Å²) >= 11 is 9.82. The lowest BCUT2D eigenvalue weighted by molar-refractivity contribution is 0.111. The number of carbonyl (C=O) groups excluding carboxylic acids is 1. The van der Waals surface area contributed by atoms with E-state index in [1.165, 1.54) is 0 Å². The van der Waals surface area contributed by atoms with Gasteiger partial charge < -0.3 is 9.47 Å². The molecule has 3 rings (SSSR count). The smallest absolute Gasteiger partial charge is 0.153 e. The Morgan fingerprint density at radius 2 is 1.86 bits per heavy atom. The van der Waals surface area contributed by atoms with Gasteiger partial charge in [0.1, 0.15) is 24.7 Å². The van der Waals surface area contributed by atoms with Crippen LogP contribution in [0.4, 0.5) is 0 Å². The fourth-order valence-electron chi connectivity index (χ4n) is 2.70. The van der Waals surface area contributed by atoms with Crippen molar-refractivity contribution in [3.05, 3.63) is 86.1 Å². The van der Waals surface area contributed by atoms with Crippen LogP contribution >= 0.6 is 27.5 Å². The van der Waals surface area contributed by atoms with Gasteiger partial charge in [0.15, 0.2) is 6.29 Å². The van der Waals surface area contributed by atoms with E-state index < -0.39 is 0 Å². The molecule has 0 aliphatic carbocycles. The van der Waals surface area contributed by atoms with Gasteiger partial charge in [0, 0.05) is 28.5 Å². The highest BCUT2D eigenvalue weighted by molar-refractivity contribution is 9.10. The number of aromatic nitrogens is 1. The van der Waals surface area contributed by atoms with Gasteiger partial charge in [0.05, 0.1) is 10.6 Å². The van der Waals surface area contributed by atoms with Gasteiger partial charge in [0.2, 0.25) is 0 Å². The molecule has 28 heavy (non-hydrogen) atoms. The summed E-state index contributed by atoms with van der Waals surface area (Å²) in [6.45, 7) is 4.63. The highest BCUT2D eigenvalue weighted by Crippen LogP contribution is 2.33. The van der Waals surface area contributed by atoms with Crippen LogP contribution < -0.4 is 9.47 Å². The molecule has 3 aromatic rings. The Morgan fingerprint density at radius 3 is 2.61 bits per heavy atom. The summed E-state index contributed by atoms with van der Waals surface area (Å²) in [6, 6.07) is 11.1. The Kier molecular flexibility index (Phi) is 6.70. The maximum Gasteiger partial charge on any atom is 0.153 e. The Balaban J connectivity index is 1.79. The number of carbonyl (C=O) groups is 1. The maximum atomic E-state index is 11.4. The van der Waals surface area contributed by atoms with E-state index in [4.69, 9.17) is 21.1 Å². The summed E-state index contributed by atoms with van der Waals surface area (Å²) in [5, 5.41) is 0.360. The molecule has 0 spiro atoms. The monoisotopic (exact) mass is 459 g/mol. The van der Waals surface area contributed by atoms with E-state index in [0.717, 1.165) is 33.0 Å². The second-order valence-electron chi connectivity index (χ2n) is 6.41. The van der Waals surface area contributed by atoms with Crippen LogP contribution in [-0.2, 0) is 13.2 Å². The van der Waals surface area contributed by atoms with E-state index >= 15 is 0 Å². The molecule has 1 heterocycles. The van der Waals surface area contributed by atoms with Crippen LogP contribution in [0.5, 0.6) is 11.5 Å². The van der Waals surface area contributed by atoms with Gasteiger partial charge >= 0.3 is 0 Å². The average molecular weight is 461 g/mol. The van der Waals surface area contributed by atoms with Crippen molar-refractivity contribution in [2.24, 2.45) is 0 Å². The normalized spacial score (nSPS) is 10.6. The summed E-state index contributed by atoms with van der Waals surface area (Å²) in [7, 11) is 0. The summed E-state index contributed by atoms with van der Waals surface area (Å²) in [4.78, 5) is 15.6. The molecule has 0 unspecified atom stereocenters. The second-order valence-corrected chi connectivity index (χ2v) is 7.67. The SMILES string of the molecule is Cc1cncc(COc2cc(OCc3cccc(Br)c3C)c(Cl)cc2C=O)c1. The lowest BCUT2D eigenvalue weighted by Crippen LogP contribution is -2.02. The van der Waals surface area contributed by atoms with E-state index in [1.807, 2.05) is 38.1 Å². The number of hydrogen-bond acceptors (Lipinski definition) is 4. The van der Waals surface area contributed by atoms with E-state index in [2.05, 4.69) is 20.9 Å². The van der Waals surface area contributed by atoms with Crippen molar-refractivity contribution in [2.75, 3.05) is 0 Å². The molecule has 2 aromatic carbocycles. The van der Waals surface area contributed by atoms with Crippen molar-refractivity contribution in [3.63, 3.8) is 0 Å². The molecule has 0 bridgehead atoms. The fraction of sp³-hybridized carbons (Fsp3) is 0.182. The number of rotatable bonds is 7. The van der Waals surface area contributed by atoms with E-state index in [9.17, 15) is 4.79 Å². The van der Waals surface area contributed by atoms with Crippen LogP contribution in [0.2, 0.25) is 5.02 Å². The number of pyridine rings is 1. The molecule has 144 valence electrons. The molecule has 0 N–H and O–H groups in total. The highest BCUT2D eigenvalue weighted by atomic mass is 79.9. The molecule has 0 saturated heterocycles. The third-order valence-electron chi connectivity index (χ3n) is 4.28. The van der Waals surface area contributed by atoms with Crippen molar-refractivity contribution in [3.8, 4) is 11.5 Å². The standard InChI is InChI=1S/C22H19BrClNO3/c1-14-6-16(10-25-9-14)12-27-21-8-22(20(24)7-18(21)11-26)28-13-17-4-3-5-19(23)15(17)2/h3-11H,12-13H2,1-2H3. The zero-order chi connectivity index (χ0) is 20.1. The van der Waals surface area contributed by atoms with Crippen LogP contribution in [0, 0.1) is 13.8 Å². The first-order chi connectivity index (χ1) is 13.5. The predicted octanol–water partition coefficient (Wildman–Crippen LogP) is 6.08. The second kappa shape index (κ2) is 9.22. The lowest BCUT2D eigenvalue weighted by atomic mass is 10.1. The van der Waals surface area contributed by atoms with E-state index in [-0.39, 0.29) is 0 Å². The zero-order valence-corrected chi connectivity index (χ0v) is 17.9. The summed E-state index contributed by atoms with van der Waals surface area (Å²) in [6.07, 6.45) is 4.23. The van der Waals surface area contributed by atoms with Crippen molar-refractivity contribution in [2.45, 2.75) is 27.1 Å². The minimum atomic E-state index is 0.293. The topological polar surface area (TPSA) is 48.4 Å². The molecule has 0 fully saturated rings. The van der Waals surface area contributed by atoms with Crippen LogP contribution in [0.15, 0.2) is 53.3 Å². The van der Waals surface area contributed by atoms with Crippen LogP contribution in [0.1, 0.15) is 32.6 Å². The summed E-state index contributed by atoms with van der Waals surface area (Å²) < 4.78 is 12.8. The minimum Gasteiger partial charge on any atom is -0.488 e. The van der Waals surface area contributed by atoms with Gasteiger partial charge in [-0.2, -0.15) is 0 Å². The number of ether oxygens (including phenoxy) is 2. The van der Waals surface area contributed by atoms with Gasteiger partial charge in [-0.25, -0.2) is 0 Å². The number of nitrogens with zero attached hydrogens (tertiary/aromatic N) is 1. The quantitative estimate of drug-likeness (QED) is 0.401. The van der Waals surface area contributed by atoms with Crippen LogP contribution in [0.25, 0.3) is 0 Å². The van der Waals surface area contributed by atoms with E-state index in [0.29, 0.717) is 35.3 Å². The van der Waals surface area contributed by atoms with Crippen LogP contribution in [-0.4, -0.2) is 11.3 Å². The molecule has 6 heteroatoms. The molecule has 0 aliphatic rings. The first kappa shape index (κ1) is 20.4. The van der Waals surface area contributed by atoms with Crippen molar-refractivity contribution in [1.29, 1.82) is 0 Å². The molecule has 1 aromatic heterocycles. The third kappa shape index (κ3) is 4.91. The average Bonchev–Trinajstić information content (AvgIpc) is 2.68. The molecule has 0 radical (unpaired) electrons. The maximum absolute atomic E-state index is 11.4. The largest absolute Gasteiger partial charge is 0.488 e. The molecule has 4 nitrogen and oxygen atoms in total. The molecule has 0 saturated carbocycles. The first-order valence-corrected chi connectivity index (χ1v) is 9.84. The highest BCUT2D eigenvalue weighted by Gasteiger charge is 2.12. The molecular formula is C22H19BrClNO3. The van der Waals surface area contributed by atoms with Gasteiger partial charge in [-0.05, 0) is 48.7 Å². The van der Waals surface area contributed by atoms with Gasteiger partial charge in [-0.3, -0.25) is 9.78 Å². The van der Waals surface area contributed by atoms with Gasteiger partial charge in [0.25, 0.3) is 0 Å². The summed E-state index contributed by atoms with van der Waals surface area (Å²) in [5.41, 5.74) is 4.47. The molecule has 0 atom stereocenters. The Hall–Kier alpha value is -2.37. The van der Waals surface area contributed by atoms with Crippen molar-refractivity contribution >= 4 is 33.8 Å². The number of benzene rings is 2. The van der Waals surface area contributed by atoms with Gasteiger partial charge in [-0.1, -0.05) is 39.7 Å². The Labute approximate surface area is 177 Å². The number of halogens is 2. The Bertz CT molecular complexity index is 1010. The van der Waals surface area contributed by atoms with Crippen molar-refractivity contribution < 1.29 is 14.3 Å². The molecule has 0 amide bonds. The number of aryl methyl sites for hydroxylation is 1. The van der Waals surface area contributed by atoms with Gasteiger partial charge in [-0.15, -0.1) is 0 Å². The predicted molar refractivity (Wildman–Crippen MR) is 113 cm³/mol. The molecule has 0 aliphatic heterocycles. The number of aldehydes is 1. The zero-order valence-electron chi connectivity index (χ0n) is 15.5. The minimum absolute atomic E-state index is 0.293. The molecular weight excluding hydrogens is 442 g/mol. The summed E-state index contributed by atoms with van der Waals surface area (Å²) in [5.74, 6) is 0.880. The van der Waals surface area contributed by atoms with Crippen LogP contribution in [0.3, 0.4) is 0 Å². The third-order valence-corrected chi connectivity index (χ3v) is 5.43. The van der Waals surface area contributed by atoms with Crippen molar-refractivity contribution in [1.82, 2.24) is 4.98 Å². The van der Waals surface area contributed by atoms with E-state index in [1.54, 1.807) is 24.5 Å². The fourth-order valence-corrected chi connectivity index (χ4v) is 3.33. The lowest BCUT2D eigenvalue weighted by Gasteiger charge is -2.14.